The minimum atomic E-state index is -2.48. The molecule has 0 aliphatic heterocycles. The number of halogens is 2. The molecule has 10 heteroatoms. The van der Waals surface area contributed by atoms with Gasteiger partial charge in [0.25, 0.3) is 5.76 Å². The van der Waals surface area contributed by atoms with Crippen LogP contribution < -0.4 is 0 Å². The van der Waals surface area contributed by atoms with Crippen molar-refractivity contribution in [2.75, 3.05) is 5.75 Å². The molecule has 3 heterocycles. The highest BCUT2D eigenvalue weighted by Gasteiger charge is 2.19. The number of ketones is 1. The van der Waals surface area contributed by atoms with Crippen LogP contribution in [0.3, 0.4) is 0 Å². The first kappa shape index (κ1) is 22.6. The topological polar surface area (TPSA) is 60.7 Å². The summed E-state index contributed by atoms with van der Waals surface area (Å²) in [7, 11) is 0. The van der Waals surface area contributed by atoms with E-state index in [0.29, 0.717) is 33.3 Å². The average Bonchev–Trinajstić information content (AvgIpc) is 3.35. The van der Waals surface area contributed by atoms with E-state index >= 15 is 0 Å². The Balaban J connectivity index is 1.66. The van der Waals surface area contributed by atoms with E-state index in [-0.39, 0.29) is 11.5 Å². The molecule has 0 amide bonds. The number of carbonyl (C=O) groups is 1. The molecular formula is C22H18F2N4OS3. The molecule has 0 aliphatic rings. The Morgan fingerprint density at radius 1 is 1.16 bits per heavy atom. The van der Waals surface area contributed by atoms with Crippen LogP contribution in [0.1, 0.15) is 20.1 Å². The lowest BCUT2D eigenvalue weighted by Crippen LogP contribution is -2.05. The van der Waals surface area contributed by atoms with E-state index in [2.05, 4.69) is 15.2 Å². The van der Waals surface area contributed by atoms with Crippen molar-refractivity contribution >= 4 is 40.6 Å². The molecule has 0 fully saturated rings. The predicted molar refractivity (Wildman–Crippen MR) is 125 cm³/mol. The summed E-state index contributed by atoms with van der Waals surface area (Å²) in [4.78, 5) is 19.5. The third-order valence-electron chi connectivity index (χ3n) is 4.55. The number of carbonyl (C=O) groups excluding carboxylic acids is 1. The number of pyridine rings is 1. The summed E-state index contributed by atoms with van der Waals surface area (Å²) in [6.45, 7) is 3.92. The van der Waals surface area contributed by atoms with Crippen LogP contribution in [-0.4, -0.2) is 37.0 Å². The third-order valence-corrected chi connectivity index (χ3v) is 7.16. The Labute approximate surface area is 196 Å². The van der Waals surface area contributed by atoms with Gasteiger partial charge in [-0.1, -0.05) is 23.5 Å². The third kappa shape index (κ3) is 5.08. The van der Waals surface area contributed by atoms with Crippen molar-refractivity contribution in [2.45, 2.75) is 29.7 Å². The number of Topliss-reactive ketones (excluding diaryl/α,β-unsaturated/α-hetero) is 1. The quantitative estimate of drug-likeness (QED) is 0.214. The molecule has 4 aromatic rings. The number of nitrogens with zero attached hydrogens (tertiary/aromatic N) is 4. The molecule has 0 unspecified atom stereocenters. The van der Waals surface area contributed by atoms with E-state index < -0.39 is 5.76 Å². The van der Waals surface area contributed by atoms with Crippen molar-refractivity contribution in [3.63, 3.8) is 0 Å². The molecule has 32 heavy (non-hydrogen) atoms. The van der Waals surface area contributed by atoms with Gasteiger partial charge in [0.05, 0.1) is 5.75 Å². The van der Waals surface area contributed by atoms with Crippen molar-refractivity contribution < 1.29 is 13.6 Å². The van der Waals surface area contributed by atoms with Crippen molar-refractivity contribution in [1.29, 1.82) is 0 Å². The second-order valence-electron chi connectivity index (χ2n) is 6.79. The summed E-state index contributed by atoms with van der Waals surface area (Å²) in [6.07, 6.45) is 3.35. The summed E-state index contributed by atoms with van der Waals surface area (Å²) in [6, 6.07) is 12.3. The summed E-state index contributed by atoms with van der Waals surface area (Å²) >= 11 is 3.38. The first-order chi connectivity index (χ1) is 15.4. The molecule has 0 bridgehead atoms. The fraction of sp³-hybridized carbons (Fsp3) is 0.182. The van der Waals surface area contributed by atoms with Crippen LogP contribution in [-0.2, 0) is 0 Å². The molecule has 0 saturated heterocycles. The maximum absolute atomic E-state index is 12.8. The van der Waals surface area contributed by atoms with Crippen LogP contribution in [0.2, 0.25) is 0 Å². The maximum Gasteiger partial charge on any atom is 0.288 e. The van der Waals surface area contributed by atoms with E-state index in [4.69, 9.17) is 0 Å². The van der Waals surface area contributed by atoms with Crippen LogP contribution in [0.5, 0.6) is 0 Å². The fourth-order valence-electron chi connectivity index (χ4n) is 3.17. The summed E-state index contributed by atoms with van der Waals surface area (Å²) in [5.41, 5.74) is 2.20. The Kier molecular flexibility index (Phi) is 7.02. The normalized spacial score (nSPS) is 11.3. The lowest BCUT2D eigenvalue weighted by Gasteiger charge is -2.11. The summed E-state index contributed by atoms with van der Waals surface area (Å²) in [5.74, 6) is -1.69. The molecule has 0 aliphatic carbocycles. The molecule has 164 valence electrons. The average molecular weight is 489 g/mol. The zero-order valence-corrected chi connectivity index (χ0v) is 19.6. The highest BCUT2D eigenvalue weighted by atomic mass is 32.2. The molecule has 3 aromatic heterocycles. The molecule has 0 radical (unpaired) electrons. The predicted octanol–water partition coefficient (Wildman–Crippen LogP) is 6.30. The number of alkyl halides is 2. The van der Waals surface area contributed by atoms with Gasteiger partial charge in [-0.25, -0.2) is 0 Å². The number of thioether (sulfide) groups is 2. The van der Waals surface area contributed by atoms with Crippen molar-refractivity contribution in [3.8, 4) is 17.1 Å². The molecule has 1 aromatic carbocycles. The van der Waals surface area contributed by atoms with Gasteiger partial charge in [-0.2, -0.15) is 8.78 Å². The van der Waals surface area contributed by atoms with Gasteiger partial charge in [0.2, 0.25) is 0 Å². The monoisotopic (exact) mass is 488 g/mol. The standard InChI is InChI=1S/C22H18F2N4OS3/c1-13-10-18(14(2)31-13)19(29)12-30-22-27-26-20(15-4-3-9-25-11-15)28(22)16-5-7-17(8-6-16)32-21(23)24/h3-11,21H,12H2,1-2H3. The van der Waals surface area contributed by atoms with Gasteiger partial charge in [0, 0.05) is 43.9 Å². The van der Waals surface area contributed by atoms with Gasteiger partial charge >= 0.3 is 0 Å². The molecule has 0 atom stereocenters. The number of rotatable bonds is 8. The number of aryl methyl sites for hydroxylation is 2. The Morgan fingerprint density at radius 3 is 2.56 bits per heavy atom. The van der Waals surface area contributed by atoms with Gasteiger partial charge in [0.15, 0.2) is 16.8 Å². The Morgan fingerprint density at radius 2 is 1.94 bits per heavy atom. The Hall–Kier alpha value is -2.56. The minimum Gasteiger partial charge on any atom is -0.293 e. The van der Waals surface area contributed by atoms with E-state index in [1.807, 2.05) is 30.5 Å². The highest BCUT2D eigenvalue weighted by molar-refractivity contribution is 8.00. The van der Waals surface area contributed by atoms with Gasteiger partial charge in [0.1, 0.15) is 0 Å². The van der Waals surface area contributed by atoms with E-state index in [9.17, 15) is 13.6 Å². The minimum absolute atomic E-state index is 0.0259. The smallest absolute Gasteiger partial charge is 0.288 e. The number of hydrogen-bond donors (Lipinski definition) is 0. The molecule has 4 rings (SSSR count). The number of aromatic nitrogens is 4. The largest absolute Gasteiger partial charge is 0.293 e. The molecule has 0 saturated carbocycles. The molecule has 0 N–H and O–H groups in total. The first-order valence-electron chi connectivity index (χ1n) is 9.56. The zero-order valence-electron chi connectivity index (χ0n) is 17.2. The lowest BCUT2D eigenvalue weighted by atomic mass is 10.2. The van der Waals surface area contributed by atoms with Crippen LogP contribution in [0.4, 0.5) is 8.78 Å². The van der Waals surface area contributed by atoms with E-state index in [1.54, 1.807) is 54.1 Å². The second kappa shape index (κ2) is 9.93. The number of hydrogen-bond acceptors (Lipinski definition) is 7. The maximum atomic E-state index is 12.8. The number of benzene rings is 1. The summed E-state index contributed by atoms with van der Waals surface area (Å²) < 4.78 is 27.2. The molecule has 0 spiro atoms. The summed E-state index contributed by atoms with van der Waals surface area (Å²) in [5, 5.41) is 9.17. The van der Waals surface area contributed by atoms with Crippen molar-refractivity contribution in [3.05, 3.63) is 70.2 Å². The molecule has 5 nitrogen and oxygen atoms in total. The van der Waals surface area contributed by atoms with Gasteiger partial charge < -0.3 is 0 Å². The zero-order chi connectivity index (χ0) is 22.7. The van der Waals surface area contributed by atoms with Gasteiger partial charge in [-0.05, 0) is 56.3 Å². The van der Waals surface area contributed by atoms with Gasteiger partial charge in [-0.15, -0.1) is 21.5 Å². The van der Waals surface area contributed by atoms with Crippen molar-refractivity contribution in [2.24, 2.45) is 0 Å². The van der Waals surface area contributed by atoms with E-state index in [1.165, 1.54) is 11.8 Å². The molecular weight excluding hydrogens is 470 g/mol. The first-order valence-corrected chi connectivity index (χ1v) is 12.2. The van der Waals surface area contributed by atoms with E-state index in [0.717, 1.165) is 20.9 Å². The van der Waals surface area contributed by atoms with Crippen molar-refractivity contribution in [1.82, 2.24) is 19.7 Å². The SMILES string of the molecule is Cc1cc(C(=O)CSc2nnc(-c3cccnc3)n2-c2ccc(SC(F)F)cc2)c(C)s1. The van der Waals surface area contributed by atoms with Crippen LogP contribution in [0, 0.1) is 13.8 Å². The lowest BCUT2D eigenvalue weighted by molar-refractivity contribution is 0.102. The highest BCUT2D eigenvalue weighted by Crippen LogP contribution is 2.31. The van der Waals surface area contributed by atoms with Crippen LogP contribution >= 0.6 is 34.9 Å². The number of thiophene rings is 1. The van der Waals surface area contributed by atoms with Gasteiger partial charge in [-0.3, -0.25) is 14.3 Å². The van der Waals surface area contributed by atoms with Crippen LogP contribution in [0.25, 0.3) is 17.1 Å². The Bertz CT molecular complexity index is 1220. The fourth-order valence-corrected chi connectivity index (χ4v) is 5.45. The second-order valence-corrected chi connectivity index (χ2v) is 10.3. The van der Waals surface area contributed by atoms with Crippen LogP contribution in [0.15, 0.2) is 64.9 Å².